The molecular weight excluding hydrogens is 388 g/mol. The number of fused-ring (bicyclic) bond motifs is 3. The van der Waals surface area contributed by atoms with Crippen LogP contribution < -0.4 is 10.6 Å². The molecule has 3 aromatic heterocycles. The van der Waals surface area contributed by atoms with Crippen molar-refractivity contribution in [2.24, 2.45) is 12.5 Å². The van der Waals surface area contributed by atoms with Gasteiger partial charge in [0.1, 0.15) is 11.2 Å². The molecule has 7 nitrogen and oxygen atoms in total. The number of aromatic nitrogens is 4. The molecule has 0 saturated heterocycles. The molecule has 1 aromatic carbocycles. The van der Waals surface area contributed by atoms with Crippen LogP contribution in [0.2, 0.25) is 0 Å². The molecule has 0 radical (unpaired) electrons. The van der Waals surface area contributed by atoms with E-state index < -0.39 is 0 Å². The van der Waals surface area contributed by atoms with E-state index in [0.717, 1.165) is 44.7 Å². The number of hydrogen-bond acceptors (Lipinski definition) is 4. The second-order valence-electron chi connectivity index (χ2n) is 9.36. The third-order valence-electron chi connectivity index (χ3n) is 5.44. The van der Waals surface area contributed by atoms with Crippen LogP contribution in [0.25, 0.3) is 33.3 Å². The van der Waals surface area contributed by atoms with Crippen LogP contribution in [0.3, 0.4) is 0 Å². The predicted octanol–water partition coefficient (Wildman–Crippen LogP) is 4.77. The number of nitrogens with zero attached hydrogens (tertiary/aromatic N) is 3. The number of aryl methyl sites for hydroxylation is 1. The standard InChI is InChI=1S/C24H30N6O/c1-14(27-19(31)12-24(2,3)4)15-8-7-9-16(10-15)18-11-17-21-20(26-13-30(21)6)23(25-5)29-22(17)28-18/h7-11,13-14H,12H2,1-6H3,(H,27,31)(H2,25,28,29). The van der Waals surface area contributed by atoms with E-state index in [1.807, 2.05) is 44.0 Å². The van der Waals surface area contributed by atoms with Crippen LogP contribution in [0.5, 0.6) is 0 Å². The zero-order valence-electron chi connectivity index (χ0n) is 19.0. The van der Waals surface area contributed by atoms with Gasteiger partial charge in [-0.3, -0.25) is 4.79 Å². The zero-order valence-corrected chi connectivity index (χ0v) is 19.0. The molecule has 1 amide bonds. The van der Waals surface area contributed by atoms with Crippen molar-refractivity contribution in [1.29, 1.82) is 0 Å². The molecule has 0 bridgehead atoms. The van der Waals surface area contributed by atoms with Crippen LogP contribution in [0, 0.1) is 5.41 Å². The number of aromatic amines is 1. The third kappa shape index (κ3) is 4.13. The lowest BCUT2D eigenvalue weighted by Gasteiger charge is -2.20. The number of carbonyl (C=O) groups excluding carboxylic acids is 1. The Hall–Kier alpha value is -3.35. The first kappa shape index (κ1) is 20.9. The van der Waals surface area contributed by atoms with Crippen molar-refractivity contribution < 1.29 is 4.79 Å². The molecule has 3 N–H and O–H groups in total. The first-order valence-corrected chi connectivity index (χ1v) is 10.6. The number of amides is 1. The number of benzene rings is 1. The maximum Gasteiger partial charge on any atom is 0.220 e. The molecule has 0 aliphatic heterocycles. The van der Waals surface area contributed by atoms with E-state index in [9.17, 15) is 4.79 Å². The lowest BCUT2D eigenvalue weighted by atomic mass is 9.91. The molecule has 4 rings (SSSR count). The molecule has 3 heterocycles. The molecule has 0 spiro atoms. The maximum absolute atomic E-state index is 12.4. The summed E-state index contributed by atoms with van der Waals surface area (Å²) in [6.45, 7) is 8.23. The summed E-state index contributed by atoms with van der Waals surface area (Å²) in [6, 6.07) is 10.3. The van der Waals surface area contributed by atoms with Crippen molar-refractivity contribution >= 4 is 33.8 Å². The average molecular weight is 419 g/mol. The summed E-state index contributed by atoms with van der Waals surface area (Å²) in [5.41, 5.74) is 5.76. The third-order valence-corrected chi connectivity index (χ3v) is 5.44. The number of rotatable bonds is 5. The van der Waals surface area contributed by atoms with Crippen molar-refractivity contribution in [2.75, 3.05) is 12.4 Å². The van der Waals surface area contributed by atoms with Crippen molar-refractivity contribution in [3.05, 3.63) is 42.2 Å². The molecule has 31 heavy (non-hydrogen) atoms. The summed E-state index contributed by atoms with van der Waals surface area (Å²) >= 11 is 0. The summed E-state index contributed by atoms with van der Waals surface area (Å²) in [6.07, 6.45) is 2.31. The van der Waals surface area contributed by atoms with Crippen molar-refractivity contribution in [1.82, 2.24) is 24.8 Å². The van der Waals surface area contributed by atoms with Gasteiger partial charge in [0.05, 0.1) is 17.9 Å². The lowest BCUT2D eigenvalue weighted by Crippen LogP contribution is -2.29. The minimum absolute atomic E-state index is 0.0354. The van der Waals surface area contributed by atoms with Gasteiger partial charge in [-0.05, 0) is 35.6 Å². The van der Waals surface area contributed by atoms with E-state index in [2.05, 4.69) is 59.6 Å². The quantitative estimate of drug-likeness (QED) is 0.436. The second-order valence-corrected chi connectivity index (χ2v) is 9.36. The molecule has 0 aliphatic carbocycles. The van der Waals surface area contributed by atoms with Gasteiger partial charge in [0.15, 0.2) is 5.82 Å². The Kier molecular flexibility index (Phi) is 5.21. The second kappa shape index (κ2) is 7.72. The fraction of sp³-hybridized carbons (Fsp3) is 0.375. The normalized spacial score (nSPS) is 13.0. The van der Waals surface area contributed by atoms with E-state index in [-0.39, 0.29) is 17.4 Å². The Bertz CT molecular complexity index is 1260. The summed E-state index contributed by atoms with van der Waals surface area (Å²) in [4.78, 5) is 25.0. The van der Waals surface area contributed by atoms with Crippen LogP contribution in [-0.2, 0) is 11.8 Å². The molecule has 4 aromatic rings. The zero-order chi connectivity index (χ0) is 22.3. The van der Waals surface area contributed by atoms with E-state index in [1.54, 1.807) is 0 Å². The van der Waals surface area contributed by atoms with Gasteiger partial charge in [-0.25, -0.2) is 9.97 Å². The Labute approximate surface area is 182 Å². The van der Waals surface area contributed by atoms with E-state index in [0.29, 0.717) is 6.42 Å². The monoisotopic (exact) mass is 418 g/mol. The number of imidazole rings is 1. The Balaban J connectivity index is 1.68. The SMILES string of the molecule is CNc1nc2[nH]c(-c3cccc(C(C)NC(=O)CC(C)(C)C)c3)cc2c2c1ncn2C. The molecule has 0 fully saturated rings. The highest BCUT2D eigenvalue weighted by Gasteiger charge is 2.19. The minimum atomic E-state index is -0.0722. The summed E-state index contributed by atoms with van der Waals surface area (Å²) in [5, 5.41) is 7.28. The smallest absolute Gasteiger partial charge is 0.220 e. The molecule has 7 heteroatoms. The van der Waals surface area contributed by atoms with E-state index in [1.165, 1.54) is 0 Å². The van der Waals surface area contributed by atoms with Crippen LogP contribution in [0.4, 0.5) is 5.82 Å². The van der Waals surface area contributed by atoms with Crippen molar-refractivity contribution in [3.63, 3.8) is 0 Å². The van der Waals surface area contributed by atoms with Crippen LogP contribution in [0.15, 0.2) is 36.7 Å². The number of anilines is 1. The summed E-state index contributed by atoms with van der Waals surface area (Å²) in [7, 11) is 3.84. The Morgan fingerprint density at radius 3 is 2.74 bits per heavy atom. The predicted molar refractivity (Wildman–Crippen MR) is 126 cm³/mol. The number of hydrogen-bond donors (Lipinski definition) is 3. The molecular formula is C24H30N6O. The molecule has 1 atom stereocenters. The first-order chi connectivity index (χ1) is 14.7. The fourth-order valence-electron chi connectivity index (χ4n) is 3.96. The van der Waals surface area contributed by atoms with Crippen LogP contribution in [-0.4, -0.2) is 32.5 Å². The van der Waals surface area contributed by atoms with Gasteiger partial charge >= 0.3 is 0 Å². The number of carbonyl (C=O) groups is 1. The van der Waals surface area contributed by atoms with Crippen LogP contribution >= 0.6 is 0 Å². The number of pyridine rings is 1. The van der Waals surface area contributed by atoms with E-state index in [4.69, 9.17) is 4.98 Å². The summed E-state index contributed by atoms with van der Waals surface area (Å²) < 4.78 is 2.01. The Morgan fingerprint density at radius 2 is 2.03 bits per heavy atom. The highest BCUT2D eigenvalue weighted by Crippen LogP contribution is 2.32. The average Bonchev–Trinajstić information content (AvgIpc) is 3.29. The largest absolute Gasteiger partial charge is 0.371 e. The maximum atomic E-state index is 12.4. The van der Waals surface area contributed by atoms with E-state index >= 15 is 0 Å². The van der Waals surface area contributed by atoms with Gasteiger partial charge in [-0.2, -0.15) is 0 Å². The summed E-state index contributed by atoms with van der Waals surface area (Å²) in [5.74, 6) is 0.818. The molecule has 1 unspecified atom stereocenters. The molecule has 0 aliphatic rings. The van der Waals surface area contributed by atoms with Gasteiger partial charge in [0.2, 0.25) is 5.91 Å². The first-order valence-electron chi connectivity index (χ1n) is 10.6. The number of H-pyrrole nitrogens is 1. The highest BCUT2D eigenvalue weighted by molar-refractivity contribution is 6.07. The van der Waals surface area contributed by atoms with Crippen molar-refractivity contribution in [2.45, 2.75) is 40.2 Å². The van der Waals surface area contributed by atoms with Gasteiger partial charge in [-0.15, -0.1) is 0 Å². The fourth-order valence-corrected chi connectivity index (χ4v) is 3.96. The lowest BCUT2D eigenvalue weighted by molar-refractivity contribution is -0.123. The topological polar surface area (TPSA) is 87.6 Å². The van der Waals surface area contributed by atoms with Gasteiger partial charge in [0, 0.05) is 31.6 Å². The van der Waals surface area contributed by atoms with Crippen molar-refractivity contribution in [3.8, 4) is 11.3 Å². The van der Waals surface area contributed by atoms with Crippen LogP contribution in [0.1, 0.15) is 45.7 Å². The minimum Gasteiger partial charge on any atom is -0.371 e. The Morgan fingerprint density at radius 1 is 1.26 bits per heavy atom. The van der Waals surface area contributed by atoms with Gasteiger partial charge < -0.3 is 20.2 Å². The highest BCUT2D eigenvalue weighted by atomic mass is 16.1. The van der Waals surface area contributed by atoms with Gasteiger partial charge in [0.25, 0.3) is 0 Å². The van der Waals surface area contributed by atoms with Gasteiger partial charge in [-0.1, -0.05) is 39.0 Å². The molecule has 0 saturated carbocycles. The number of nitrogens with one attached hydrogen (secondary N) is 3. The molecule has 162 valence electrons.